The second-order valence-electron chi connectivity index (χ2n) is 6.35. The lowest BCUT2D eigenvalue weighted by atomic mass is 9.95. The van der Waals surface area contributed by atoms with Gasteiger partial charge in [-0.1, -0.05) is 31.4 Å². The second kappa shape index (κ2) is 10.3. The standard InChI is InChI=1S/C19H28N2O3S/c1-24-17-11-7-6-10-15(17)18(22)21-16(12-13-25-2)19(23)20-14-8-4-3-5-9-14/h6-7,10-11,14,16H,3-5,8-9,12-13H2,1-2H3,(H,20,23)(H,21,22). The van der Waals surface area contributed by atoms with E-state index in [0.717, 1.165) is 31.4 Å². The SMILES string of the molecule is COc1ccccc1C(=O)NC(CCSC)C(=O)NC1CCCCC1. The molecule has 25 heavy (non-hydrogen) atoms. The molecule has 6 heteroatoms. The Hall–Kier alpha value is -1.69. The minimum Gasteiger partial charge on any atom is -0.496 e. The van der Waals surface area contributed by atoms with Crippen LogP contribution in [-0.4, -0.2) is 43.0 Å². The van der Waals surface area contributed by atoms with E-state index in [-0.39, 0.29) is 17.9 Å². The highest BCUT2D eigenvalue weighted by Crippen LogP contribution is 2.19. The van der Waals surface area contributed by atoms with Crippen molar-refractivity contribution >= 4 is 23.6 Å². The van der Waals surface area contributed by atoms with E-state index in [0.29, 0.717) is 17.7 Å². The van der Waals surface area contributed by atoms with E-state index in [1.54, 1.807) is 30.0 Å². The van der Waals surface area contributed by atoms with Gasteiger partial charge in [-0.2, -0.15) is 11.8 Å². The molecular formula is C19H28N2O3S. The van der Waals surface area contributed by atoms with Gasteiger partial charge in [-0.25, -0.2) is 0 Å². The maximum atomic E-state index is 12.7. The van der Waals surface area contributed by atoms with Crippen molar-refractivity contribution in [3.63, 3.8) is 0 Å². The minimum absolute atomic E-state index is 0.0794. The molecule has 0 spiro atoms. The lowest BCUT2D eigenvalue weighted by molar-refractivity contribution is -0.123. The van der Waals surface area contributed by atoms with Crippen LogP contribution in [0, 0.1) is 0 Å². The molecule has 0 heterocycles. The van der Waals surface area contributed by atoms with Gasteiger partial charge in [0.05, 0.1) is 12.7 Å². The molecule has 1 aromatic rings. The number of benzene rings is 1. The molecule has 1 atom stereocenters. The number of ether oxygens (including phenoxy) is 1. The maximum absolute atomic E-state index is 12.7. The highest BCUT2D eigenvalue weighted by molar-refractivity contribution is 7.98. The van der Waals surface area contributed by atoms with E-state index in [2.05, 4.69) is 10.6 Å². The summed E-state index contributed by atoms with van der Waals surface area (Å²) in [6, 6.07) is 6.77. The number of nitrogens with one attached hydrogen (secondary N) is 2. The molecule has 1 saturated carbocycles. The van der Waals surface area contributed by atoms with Crippen molar-refractivity contribution in [1.29, 1.82) is 0 Å². The van der Waals surface area contributed by atoms with Crippen molar-refractivity contribution in [3.05, 3.63) is 29.8 Å². The van der Waals surface area contributed by atoms with Gasteiger partial charge in [0.25, 0.3) is 5.91 Å². The summed E-state index contributed by atoms with van der Waals surface area (Å²) in [5.74, 6) is 0.970. The fraction of sp³-hybridized carbons (Fsp3) is 0.579. The van der Waals surface area contributed by atoms with E-state index in [1.807, 2.05) is 12.3 Å². The zero-order chi connectivity index (χ0) is 18.1. The quantitative estimate of drug-likeness (QED) is 0.744. The average molecular weight is 365 g/mol. The van der Waals surface area contributed by atoms with Gasteiger partial charge >= 0.3 is 0 Å². The molecule has 1 unspecified atom stereocenters. The van der Waals surface area contributed by atoms with Gasteiger partial charge in [-0.05, 0) is 43.4 Å². The first-order valence-electron chi connectivity index (χ1n) is 8.89. The Morgan fingerprint density at radius 2 is 1.96 bits per heavy atom. The van der Waals surface area contributed by atoms with Crippen LogP contribution in [0.1, 0.15) is 48.9 Å². The van der Waals surface area contributed by atoms with Crippen LogP contribution in [0.25, 0.3) is 0 Å². The van der Waals surface area contributed by atoms with Crippen LogP contribution >= 0.6 is 11.8 Å². The molecule has 138 valence electrons. The topological polar surface area (TPSA) is 67.4 Å². The second-order valence-corrected chi connectivity index (χ2v) is 7.34. The summed E-state index contributed by atoms with van der Waals surface area (Å²) in [5.41, 5.74) is 0.449. The number of amides is 2. The predicted molar refractivity (Wildman–Crippen MR) is 102 cm³/mol. The Morgan fingerprint density at radius 1 is 1.24 bits per heavy atom. The first-order chi connectivity index (χ1) is 12.2. The van der Waals surface area contributed by atoms with Gasteiger partial charge in [-0.3, -0.25) is 9.59 Å². The Balaban J connectivity index is 2.02. The summed E-state index contributed by atoms with van der Waals surface area (Å²) in [7, 11) is 1.53. The fourth-order valence-electron chi connectivity index (χ4n) is 3.12. The largest absolute Gasteiger partial charge is 0.496 e. The first kappa shape index (κ1) is 19.6. The Kier molecular flexibility index (Phi) is 8.12. The van der Waals surface area contributed by atoms with Gasteiger partial charge in [0.15, 0.2) is 0 Å². The third kappa shape index (κ3) is 5.96. The number of rotatable bonds is 8. The predicted octanol–water partition coefficient (Wildman–Crippen LogP) is 3.00. The summed E-state index contributed by atoms with van der Waals surface area (Å²) in [5, 5.41) is 6.01. The smallest absolute Gasteiger partial charge is 0.255 e. The van der Waals surface area contributed by atoms with E-state index >= 15 is 0 Å². The van der Waals surface area contributed by atoms with Crippen LogP contribution in [0.15, 0.2) is 24.3 Å². The Labute approximate surface area is 154 Å². The fourth-order valence-corrected chi connectivity index (χ4v) is 3.59. The minimum atomic E-state index is -0.521. The average Bonchev–Trinajstić information content (AvgIpc) is 2.65. The number of hydrogen-bond donors (Lipinski definition) is 2. The number of carbonyl (C=O) groups is 2. The van der Waals surface area contributed by atoms with Crippen molar-refractivity contribution < 1.29 is 14.3 Å². The molecule has 0 saturated heterocycles. The number of methoxy groups -OCH3 is 1. The molecule has 1 fully saturated rings. The molecule has 2 N–H and O–H groups in total. The summed E-state index contributed by atoms with van der Waals surface area (Å²) >= 11 is 1.67. The number of hydrogen-bond acceptors (Lipinski definition) is 4. The maximum Gasteiger partial charge on any atom is 0.255 e. The molecule has 0 bridgehead atoms. The molecule has 0 aliphatic heterocycles. The van der Waals surface area contributed by atoms with Crippen molar-refractivity contribution in [2.45, 2.75) is 50.6 Å². The zero-order valence-electron chi connectivity index (χ0n) is 15.0. The number of thioether (sulfide) groups is 1. The van der Waals surface area contributed by atoms with Crippen molar-refractivity contribution in [3.8, 4) is 5.75 Å². The van der Waals surface area contributed by atoms with Gasteiger partial charge in [0, 0.05) is 6.04 Å². The number of carbonyl (C=O) groups excluding carboxylic acids is 2. The third-order valence-electron chi connectivity index (χ3n) is 4.54. The molecule has 2 amide bonds. The summed E-state index contributed by atoms with van der Waals surface area (Å²) in [6.45, 7) is 0. The molecule has 1 aromatic carbocycles. The van der Waals surface area contributed by atoms with E-state index in [9.17, 15) is 9.59 Å². The highest BCUT2D eigenvalue weighted by Gasteiger charge is 2.25. The third-order valence-corrected chi connectivity index (χ3v) is 5.18. The van der Waals surface area contributed by atoms with Gasteiger partial charge in [0.2, 0.25) is 5.91 Å². The van der Waals surface area contributed by atoms with Crippen LogP contribution in [0.2, 0.25) is 0 Å². The van der Waals surface area contributed by atoms with Crippen LogP contribution < -0.4 is 15.4 Å². The van der Waals surface area contributed by atoms with Crippen molar-refractivity contribution in [1.82, 2.24) is 10.6 Å². The number of para-hydroxylation sites is 1. The molecule has 0 aromatic heterocycles. The lowest BCUT2D eigenvalue weighted by Gasteiger charge is -2.26. The van der Waals surface area contributed by atoms with E-state index in [1.165, 1.54) is 13.5 Å². The van der Waals surface area contributed by atoms with E-state index in [4.69, 9.17) is 4.74 Å². The van der Waals surface area contributed by atoms with Gasteiger partial charge in [0.1, 0.15) is 11.8 Å². The zero-order valence-corrected chi connectivity index (χ0v) is 15.9. The Bertz CT molecular complexity index is 574. The summed E-state index contributed by atoms with van der Waals surface area (Å²) in [4.78, 5) is 25.3. The van der Waals surface area contributed by atoms with Crippen molar-refractivity contribution in [2.75, 3.05) is 19.1 Å². The highest BCUT2D eigenvalue weighted by atomic mass is 32.2. The lowest BCUT2D eigenvalue weighted by Crippen LogP contribution is -2.50. The Morgan fingerprint density at radius 3 is 2.64 bits per heavy atom. The molecule has 1 aliphatic carbocycles. The van der Waals surface area contributed by atoms with Crippen LogP contribution in [0.4, 0.5) is 0 Å². The van der Waals surface area contributed by atoms with E-state index < -0.39 is 6.04 Å². The van der Waals surface area contributed by atoms with Crippen LogP contribution in [0.5, 0.6) is 5.75 Å². The van der Waals surface area contributed by atoms with Gasteiger partial charge in [-0.15, -0.1) is 0 Å². The molecule has 0 radical (unpaired) electrons. The van der Waals surface area contributed by atoms with Gasteiger partial charge < -0.3 is 15.4 Å². The first-order valence-corrected chi connectivity index (χ1v) is 10.3. The van der Waals surface area contributed by atoms with Crippen molar-refractivity contribution in [2.24, 2.45) is 0 Å². The normalized spacial score (nSPS) is 16.1. The molecule has 2 rings (SSSR count). The van der Waals surface area contributed by atoms with Crippen LogP contribution in [-0.2, 0) is 4.79 Å². The summed E-state index contributed by atoms with van der Waals surface area (Å²) < 4.78 is 5.25. The molecular weight excluding hydrogens is 336 g/mol. The monoisotopic (exact) mass is 364 g/mol. The van der Waals surface area contributed by atoms with Crippen LogP contribution in [0.3, 0.4) is 0 Å². The molecule has 5 nitrogen and oxygen atoms in total. The molecule has 1 aliphatic rings. The summed E-state index contributed by atoms with van der Waals surface area (Å²) in [6.07, 6.45) is 8.23.